The number of aliphatic carboxylic acids is 1. The molecule has 3 aromatic rings. The fourth-order valence-electron chi connectivity index (χ4n) is 2.20. The summed E-state index contributed by atoms with van der Waals surface area (Å²) in [5, 5.41) is 22.7. The van der Waals surface area contributed by atoms with Gasteiger partial charge in [-0.15, -0.1) is 23.1 Å². The van der Waals surface area contributed by atoms with Crippen molar-refractivity contribution in [3.63, 3.8) is 0 Å². The number of carbonyl (C=O) groups is 1. The van der Waals surface area contributed by atoms with E-state index in [1.807, 2.05) is 24.3 Å². The second-order valence-electron chi connectivity index (χ2n) is 4.97. The van der Waals surface area contributed by atoms with Gasteiger partial charge >= 0.3 is 0 Å². The van der Waals surface area contributed by atoms with E-state index in [-0.39, 0.29) is 11.4 Å². The van der Waals surface area contributed by atoms with E-state index in [1.165, 1.54) is 17.4 Å². The second kappa shape index (κ2) is 7.45. The quantitative estimate of drug-likeness (QED) is 0.488. The van der Waals surface area contributed by atoms with Crippen molar-refractivity contribution in [1.82, 2.24) is 4.98 Å². The Morgan fingerprint density at radius 2 is 1.92 bits per heavy atom. The molecule has 0 atom stereocenters. The van der Waals surface area contributed by atoms with Gasteiger partial charge in [-0.2, -0.15) is 0 Å². The van der Waals surface area contributed by atoms with Crippen LogP contribution in [0.1, 0.15) is 10.6 Å². The Bertz CT molecular complexity index is 948. The first kappa shape index (κ1) is 17.1. The number of thiazole rings is 1. The van der Waals surface area contributed by atoms with Gasteiger partial charge in [-0.1, -0.05) is 24.3 Å². The zero-order valence-electron chi connectivity index (χ0n) is 12.7. The first-order chi connectivity index (χ1) is 12.0. The molecule has 2 aromatic carbocycles. The highest BCUT2D eigenvalue weighted by Gasteiger charge is 2.15. The highest BCUT2D eigenvalue weighted by Crippen LogP contribution is 2.36. The summed E-state index contributed by atoms with van der Waals surface area (Å²) < 4.78 is 0.958. The molecule has 0 aliphatic rings. The molecule has 0 fully saturated rings. The maximum atomic E-state index is 11.2. The van der Waals surface area contributed by atoms with Crippen molar-refractivity contribution in [1.29, 1.82) is 0 Å². The minimum Gasteiger partial charge on any atom is -0.549 e. The fraction of sp³-hybridized carbons (Fsp3) is 0.0588. The summed E-state index contributed by atoms with van der Waals surface area (Å²) in [7, 11) is 0. The molecule has 0 aliphatic heterocycles. The van der Waals surface area contributed by atoms with E-state index in [9.17, 15) is 20.0 Å². The molecule has 3 rings (SSSR count). The number of nitro benzene ring substituents is 1. The van der Waals surface area contributed by atoms with Crippen molar-refractivity contribution in [3.05, 3.63) is 69.2 Å². The molecule has 0 unspecified atom stereocenters. The highest BCUT2D eigenvalue weighted by atomic mass is 32.2. The van der Waals surface area contributed by atoms with Crippen LogP contribution in [0, 0.1) is 10.1 Å². The molecule has 0 saturated carbocycles. The molecule has 25 heavy (non-hydrogen) atoms. The van der Waals surface area contributed by atoms with Crippen molar-refractivity contribution in [2.45, 2.75) is 0 Å². The molecule has 0 aliphatic carbocycles. The number of nitrogens with zero attached hydrogens (tertiary/aromatic N) is 2. The van der Waals surface area contributed by atoms with Crippen molar-refractivity contribution >= 4 is 56.0 Å². The number of benzene rings is 2. The molecule has 0 saturated heterocycles. The molecule has 6 nitrogen and oxygen atoms in total. The van der Waals surface area contributed by atoms with Gasteiger partial charge in [0.1, 0.15) is 5.01 Å². The van der Waals surface area contributed by atoms with E-state index < -0.39 is 10.9 Å². The zero-order chi connectivity index (χ0) is 17.8. The Labute approximate surface area is 151 Å². The molecule has 0 radical (unpaired) electrons. The van der Waals surface area contributed by atoms with Crippen molar-refractivity contribution in [2.24, 2.45) is 0 Å². The van der Waals surface area contributed by atoms with Gasteiger partial charge in [0.15, 0.2) is 0 Å². The maximum absolute atomic E-state index is 11.2. The van der Waals surface area contributed by atoms with E-state index >= 15 is 0 Å². The lowest BCUT2D eigenvalue weighted by Crippen LogP contribution is -2.24. The summed E-state index contributed by atoms with van der Waals surface area (Å²) in [4.78, 5) is 26.6. The molecular weight excluding hydrogens is 360 g/mol. The number of rotatable bonds is 6. The van der Waals surface area contributed by atoms with Gasteiger partial charge in [-0.25, -0.2) is 4.98 Å². The number of hydrogen-bond donors (Lipinski definition) is 0. The molecule has 1 heterocycles. The van der Waals surface area contributed by atoms with Crippen molar-refractivity contribution in [3.8, 4) is 0 Å². The predicted molar refractivity (Wildman–Crippen MR) is 98.1 cm³/mol. The SMILES string of the molecule is O=C([O-])CS/C(=C\c1ccccc1[N+](=O)[O-])c1nc2ccccc2s1. The van der Waals surface area contributed by atoms with Crippen LogP contribution in [0.25, 0.3) is 21.2 Å². The first-order valence-corrected chi connectivity index (χ1v) is 8.98. The summed E-state index contributed by atoms with van der Waals surface area (Å²) >= 11 is 2.44. The van der Waals surface area contributed by atoms with E-state index in [2.05, 4.69) is 4.98 Å². The molecule has 0 bridgehead atoms. The van der Waals surface area contributed by atoms with Crippen LogP contribution in [0.5, 0.6) is 0 Å². The van der Waals surface area contributed by atoms with E-state index in [0.29, 0.717) is 15.5 Å². The number of aromatic nitrogens is 1. The van der Waals surface area contributed by atoms with Gasteiger partial charge < -0.3 is 9.90 Å². The minimum absolute atomic E-state index is 0.0461. The standard InChI is InChI=1S/C17H12N2O4S2/c20-16(21)10-24-15(9-11-5-1-3-7-13(11)19(22)23)17-18-12-6-2-4-8-14(12)25-17/h1-9H,10H2,(H,20,21)/p-1/b15-9-. The van der Waals surface area contributed by atoms with Gasteiger partial charge in [0.2, 0.25) is 0 Å². The molecule has 0 spiro atoms. The third-order valence-corrected chi connectivity index (χ3v) is 5.47. The molecule has 0 amide bonds. The fourth-order valence-corrected chi connectivity index (χ4v) is 4.03. The number of para-hydroxylation sites is 2. The Morgan fingerprint density at radius 1 is 1.20 bits per heavy atom. The molecule has 1 aromatic heterocycles. The molecule has 126 valence electrons. The van der Waals surface area contributed by atoms with Crippen LogP contribution in [0.3, 0.4) is 0 Å². The molecular formula is C17H11N2O4S2-. The van der Waals surface area contributed by atoms with E-state index in [0.717, 1.165) is 22.0 Å². The van der Waals surface area contributed by atoms with Crippen LogP contribution in [-0.2, 0) is 4.79 Å². The zero-order valence-corrected chi connectivity index (χ0v) is 14.4. The van der Waals surface area contributed by atoms with Gasteiger partial charge in [-0.05, 0) is 24.3 Å². The Kier molecular flexibility index (Phi) is 5.11. The lowest BCUT2D eigenvalue weighted by atomic mass is 10.1. The van der Waals surface area contributed by atoms with Crippen LogP contribution in [0.15, 0.2) is 48.5 Å². The van der Waals surface area contributed by atoms with Crippen LogP contribution >= 0.6 is 23.1 Å². The average molecular weight is 371 g/mol. The molecule has 0 N–H and O–H groups in total. The smallest absolute Gasteiger partial charge is 0.276 e. The third-order valence-electron chi connectivity index (χ3n) is 3.27. The summed E-state index contributed by atoms with van der Waals surface area (Å²) in [6.07, 6.45) is 1.60. The Morgan fingerprint density at radius 3 is 2.64 bits per heavy atom. The largest absolute Gasteiger partial charge is 0.549 e. The van der Waals surface area contributed by atoms with E-state index in [1.54, 1.807) is 24.3 Å². The summed E-state index contributed by atoms with van der Waals surface area (Å²) in [5.74, 6) is -1.47. The predicted octanol–water partition coefficient (Wildman–Crippen LogP) is 3.19. The lowest BCUT2D eigenvalue weighted by Gasteiger charge is -2.06. The number of fused-ring (bicyclic) bond motifs is 1. The van der Waals surface area contributed by atoms with Crippen LogP contribution in [-0.4, -0.2) is 21.6 Å². The minimum atomic E-state index is -1.21. The van der Waals surface area contributed by atoms with Crippen molar-refractivity contribution < 1.29 is 14.8 Å². The van der Waals surface area contributed by atoms with Gasteiger partial charge in [0.25, 0.3) is 5.69 Å². The van der Waals surface area contributed by atoms with Crippen LogP contribution in [0.2, 0.25) is 0 Å². The average Bonchev–Trinajstić information content (AvgIpc) is 3.02. The van der Waals surface area contributed by atoms with Gasteiger partial charge in [0.05, 0.1) is 26.7 Å². The maximum Gasteiger partial charge on any atom is 0.276 e. The Balaban J connectivity index is 2.08. The summed E-state index contributed by atoms with van der Waals surface area (Å²) in [6, 6.07) is 13.8. The number of nitro groups is 1. The summed E-state index contributed by atoms with van der Waals surface area (Å²) in [6.45, 7) is 0. The van der Waals surface area contributed by atoms with E-state index in [4.69, 9.17) is 0 Å². The number of carboxylic acids is 1. The normalized spacial score (nSPS) is 11.6. The highest BCUT2D eigenvalue weighted by molar-refractivity contribution is 8.09. The van der Waals surface area contributed by atoms with Crippen LogP contribution in [0.4, 0.5) is 5.69 Å². The topological polar surface area (TPSA) is 96.2 Å². The number of thioether (sulfide) groups is 1. The summed E-state index contributed by atoms with van der Waals surface area (Å²) in [5.41, 5.74) is 1.15. The first-order valence-electron chi connectivity index (χ1n) is 7.18. The third kappa shape index (κ3) is 4.04. The number of carbonyl (C=O) groups excluding carboxylic acids is 1. The lowest BCUT2D eigenvalue weighted by molar-refractivity contribution is -0.385. The molecule has 8 heteroatoms. The Hall–Kier alpha value is -2.71. The number of carboxylic acid groups (broad SMARTS) is 1. The van der Waals surface area contributed by atoms with Gasteiger partial charge in [-0.3, -0.25) is 10.1 Å². The monoisotopic (exact) mass is 371 g/mol. The van der Waals surface area contributed by atoms with Gasteiger partial charge in [0, 0.05) is 16.7 Å². The second-order valence-corrected chi connectivity index (χ2v) is 7.02. The number of hydrogen-bond acceptors (Lipinski definition) is 7. The van der Waals surface area contributed by atoms with Crippen LogP contribution < -0.4 is 5.11 Å². The van der Waals surface area contributed by atoms with Crippen molar-refractivity contribution in [2.75, 3.05) is 5.75 Å².